The zero-order valence-corrected chi connectivity index (χ0v) is 15.5. The third-order valence-corrected chi connectivity index (χ3v) is 6.37. The Bertz CT molecular complexity index is 711. The fraction of sp³-hybridized carbons (Fsp3) is 0.579. The molecule has 0 radical (unpaired) electrons. The van der Waals surface area contributed by atoms with Crippen molar-refractivity contribution in [1.29, 1.82) is 0 Å². The Morgan fingerprint density at radius 3 is 2.65 bits per heavy atom. The van der Waals surface area contributed by atoms with Crippen LogP contribution in [0.5, 0.6) is 0 Å². The van der Waals surface area contributed by atoms with E-state index in [1.807, 2.05) is 0 Å². The number of carbonyl (C=O) groups is 2. The summed E-state index contributed by atoms with van der Waals surface area (Å²) in [5, 5.41) is 6.41. The maximum atomic E-state index is 12.9. The monoisotopic (exact) mass is 376 g/mol. The second-order valence-electron chi connectivity index (χ2n) is 7.73. The van der Waals surface area contributed by atoms with Gasteiger partial charge in [-0.25, -0.2) is 4.79 Å². The lowest BCUT2D eigenvalue weighted by molar-refractivity contribution is 0.0756. The zero-order chi connectivity index (χ0) is 18.3. The van der Waals surface area contributed by atoms with Gasteiger partial charge in [0.2, 0.25) is 0 Å². The Morgan fingerprint density at radius 1 is 1.27 bits per heavy atom. The normalized spacial score (nSPS) is 30.8. The minimum Gasteiger partial charge on any atom is -0.349 e. The molecule has 2 bridgehead atoms. The van der Waals surface area contributed by atoms with Crippen molar-refractivity contribution in [3.05, 3.63) is 28.8 Å². The number of hydrogen-bond donors (Lipinski definition) is 3. The molecule has 3 aliphatic rings. The van der Waals surface area contributed by atoms with Crippen LogP contribution >= 0.6 is 11.6 Å². The molecular weight excluding hydrogens is 352 g/mol. The van der Waals surface area contributed by atoms with Crippen molar-refractivity contribution in [2.45, 2.75) is 44.2 Å². The Morgan fingerprint density at radius 2 is 2.00 bits per heavy atom. The molecule has 7 heteroatoms. The van der Waals surface area contributed by atoms with Gasteiger partial charge in [0.15, 0.2) is 0 Å². The van der Waals surface area contributed by atoms with Gasteiger partial charge < -0.3 is 16.4 Å². The first-order chi connectivity index (χ1) is 12.5. The molecule has 1 aromatic carbocycles. The molecule has 26 heavy (non-hydrogen) atoms. The lowest BCUT2D eigenvalue weighted by Crippen LogP contribution is -2.53. The fourth-order valence-electron chi connectivity index (χ4n) is 4.83. The van der Waals surface area contributed by atoms with Gasteiger partial charge in [-0.1, -0.05) is 18.0 Å². The van der Waals surface area contributed by atoms with Crippen LogP contribution in [0.2, 0.25) is 5.02 Å². The Balaban J connectivity index is 1.53. The number of amides is 3. The number of nitrogens with one attached hydrogen (secondary N) is 2. The molecule has 1 heterocycles. The molecule has 0 spiro atoms. The molecular formula is C19H25ClN4O2. The van der Waals surface area contributed by atoms with E-state index in [2.05, 4.69) is 10.6 Å². The predicted molar refractivity (Wildman–Crippen MR) is 101 cm³/mol. The molecule has 3 amide bonds. The third-order valence-electron chi connectivity index (χ3n) is 6.04. The molecule has 140 valence electrons. The SMILES string of the molecule is NC1CC2CCCC(C1)C2NC(=O)c1cc(N2CCNC2=O)ccc1Cl. The highest BCUT2D eigenvalue weighted by molar-refractivity contribution is 6.34. The number of rotatable bonds is 3. The highest BCUT2D eigenvalue weighted by atomic mass is 35.5. The number of benzene rings is 1. The first kappa shape index (κ1) is 17.6. The van der Waals surface area contributed by atoms with Crippen LogP contribution in [0.1, 0.15) is 42.5 Å². The topological polar surface area (TPSA) is 87.5 Å². The summed E-state index contributed by atoms with van der Waals surface area (Å²) >= 11 is 6.30. The van der Waals surface area contributed by atoms with Crippen molar-refractivity contribution >= 4 is 29.2 Å². The number of nitrogens with two attached hydrogens (primary N) is 1. The first-order valence-electron chi connectivity index (χ1n) is 9.44. The molecule has 2 atom stereocenters. The molecule has 3 fully saturated rings. The molecule has 4 rings (SSSR count). The van der Waals surface area contributed by atoms with E-state index in [1.54, 1.807) is 23.1 Å². The summed E-state index contributed by atoms with van der Waals surface area (Å²) in [6, 6.07) is 5.46. The zero-order valence-electron chi connectivity index (χ0n) is 14.7. The van der Waals surface area contributed by atoms with E-state index in [1.165, 1.54) is 6.42 Å². The summed E-state index contributed by atoms with van der Waals surface area (Å²) < 4.78 is 0. The summed E-state index contributed by atoms with van der Waals surface area (Å²) in [5.41, 5.74) is 7.30. The lowest BCUT2D eigenvalue weighted by atomic mass is 9.67. The lowest BCUT2D eigenvalue weighted by Gasteiger charge is -2.45. The number of urea groups is 1. The predicted octanol–water partition coefficient (Wildman–Crippen LogP) is 2.51. The van der Waals surface area contributed by atoms with Crippen LogP contribution in [0.4, 0.5) is 10.5 Å². The van der Waals surface area contributed by atoms with Crippen LogP contribution in [0, 0.1) is 11.8 Å². The van der Waals surface area contributed by atoms with Gasteiger partial charge in [-0.3, -0.25) is 9.69 Å². The molecule has 1 aromatic rings. The molecule has 2 aliphatic carbocycles. The van der Waals surface area contributed by atoms with E-state index >= 15 is 0 Å². The van der Waals surface area contributed by atoms with E-state index in [-0.39, 0.29) is 24.0 Å². The van der Waals surface area contributed by atoms with Crippen molar-refractivity contribution in [3.63, 3.8) is 0 Å². The molecule has 2 unspecified atom stereocenters. The van der Waals surface area contributed by atoms with Gasteiger partial charge in [-0.05, 0) is 55.7 Å². The summed E-state index contributed by atoms with van der Waals surface area (Å²) in [4.78, 5) is 26.5. The first-order valence-corrected chi connectivity index (χ1v) is 9.82. The summed E-state index contributed by atoms with van der Waals surface area (Å²) in [5.74, 6) is 0.745. The van der Waals surface area contributed by atoms with E-state index < -0.39 is 0 Å². The minimum absolute atomic E-state index is 0.144. The largest absolute Gasteiger partial charge is 0.349 e. The third kappa shape index (κ3) is 3.28. The van der Waals surface area contributed by atoms with Gasteiger partial charge in [0.05, 0.1) is 10.6 Å². The number of fused-ring (bicyclic) bond motifs is 2. The Hall–Kier alpha value is -1.79. The van der Waals surface area contributed by atoms with E-state index in [4.69, 9.17) is 17.3 Å². The van der Waals surface area contributed by atoms with Crippen molar-refractivity contribution in [2.75, 3.05) is 18.0 Å². The highest BCUT2D eigenvalue weighted by Crippen LogP contribution is 2.40. The average molecular weight is 377 g/mol. The second kappa shape index (κ2) is 7.08. The standard InChI is InChI=1S/C19H25ClN4O2/c20-16-5-4-14(24-7-6-22-19(24)26)10-15(16)18(25)23-17-11-2-1-3-12(17)9-13(21)8-11/h4-5,10-13,17H,1-3,6-9,21H2,(H,22,26)(H,23,25). The van der Waals surface area contributed by atoms with Crippen LogP contribution in [-0.4, -0.2) is 37.1 Å². The van der Waals surface area contributed by atoms with E-state index in [0.29, 0.717) is 41.2 Å². The average Bonchev–Trinajstić information content (AvgIpc) is 3.02. The van der Waals surface area contributed by atoms with Crippen LogP contribution in [0.3, 0.4) is 0 Å². The van der Waals surface area contributed by atoms with Crippen molar-refractivity contribution in [1.82, 2.24) is 10.6 Å². The van der Waals surface area contributed by atoms with Gasteiger partial charge in [-0.15, -0.1) is 0 Å². The van der Waals surface area contributed by atoms with Crippen molar-refractivity contribution < 1.29 is 9.59 Å². The minimum atomic E-state index is -0.158. The maximum Gasteiger partial charge on any atom is 0.321 e. The number of nitrogens with zero attached hydrogens (tertiary/aromatic N) is 1. The molecule has 0 aromatic heterocycles. The van der Waals surface area contributed by atoms with Gasteiger partial charge in [0.25, 0.3) is 5.91 Å². The van der Waals surface area contributed by atoms with E-state index in [0.717, 1.165) is 25.7 Å². The molecule has 1 saturated heterocycles. The van der Waals surface area contributed by atoms with Crippen LogP contribution < -0.4 is 21.3 Å². The Labute approximate surface area is 158 Å². The number of halogens is 1. The molecule has 1 aliphatic heterocycles. The summed E-state index contributed by atoms with van der Waals surface area (Å²) in [6.07, 6.45) is 5.41. The highest BCUT2D eigenvalue weighted by Gasteiger charge is 2.40. The molecule has 6 nitrogen and oxygen atoms in total. The Kier molecular flexibility index (Phi) is 4.80. The maximum absolute atomic E-state index is 12.9. The van der Waals surface area contributed by atoms with Gasteiger partial charge in [0, 0.05) is 30.9 Å². The van der Waals surface area contributed by atoms with Crippen LogP contribution in [0.15, 0.2) is 18.2 Å². The fourth-order valence-corrected chi connectivity index (χ4v) is 5.03. The van der Waals surface area contributed by atoms with Crippen LogP contribution in [0.25, 0.3) is 0 Å². The van der Waals surface area contributed by atoms with Crippen molar-refractivity contribution in [3.8, 4) is 0 Å². The number of hydrogen-bond acceptors (Lipinski definition) is 3. The summed E-state index contributed by atoms with van der Waals surface area (Å²) in [7, 11) is 0. The van der Waals surface area contributed by atoms with Crippen LogP contribution in [-0.2, 0) is 0 Å². The van der Waals surface area contributed by atoms with Gasteiger partial charge >= 0.3 is 6.03 Å². The number of anilines is 1. The number of carbonyl (C=O) groups excluding carboxylic acids is 2. The van der Waals surface area contributed by atoms with E-state index in [9.17, 15) is 9.59 Å². The second-order valence-corrected chi connectivity index (χ2v) is 8.14. The summed E-state index contributed by atoms with van der Waals surface area (Å²) in [6.45, 7) is 1.20. The quantitative estimate of drug-likeness (QED) is 0.757. The smallest absolute Gasteiger partial charge is 0.321 e. The molecule has 2 saturated carbocycles. The van der Waals surface area contributed by atoms with Crippen molar-refractivity contribution in [2.24, 2.45) is 17.6 Å². The molecule has 4 N–H and O–H groups in total. The van der Waals surface area contributed by atoms with Gasteiger partial charge in [0.1, 0.15) is 0 Å². The van der Waals surface area contributed by atoms with Gasteiger partial charge in [-0.2, -0.15) is 0 Å².